The van der Waals surface area contributed by atoms with Crippen LogP contribution in [-0.2, 0) is 4.79 Å². The zero-order valence-corrected chi connectivity index (χ0v) is 12.2. The summed E-state index contributed by atoms with van der Waals surface area (Å²) in [6.07, 6.45) is 6.98. The first kappa shape index (κ1) is 15.8. The van der Waals surface area contributed by atoms with Gasteiger partial charge in [0.05, 0.1) is 0 Å². The van der Waals surface area contributed by atoms with Crippen LogP contribution in [0.3, 0.4) is 0 Å². The largest absolute Gasteiger partial charge is 0.480 e. The van der Waals surface area contributed by atoms with Crippen molar-refractivity contribution in [2.24, 2.45) is 5.92 Å². The summed E-state index contributed by atoms with van der Waals surface area (Å²) in [7, 11) is 1.53. The molecule has 0 aromatic carbocycles. The predicted molar refractivity (Wildman–Crippen MR) is 74.0 cm³/mol. The Morgan fingerprint density at radius 1 is 1.32 bits per heavy atom. The summed E-state index contributed by atoms with van der Waals surface area (Å²) in [4.78, 5) is 24.2. The molecule has 110 valence electrons. The number of aliphatic carboxylic acids is 1. The van der Waals surface area contributed by atoms with E-state index in [0.717, 1.165) is 19.3 Å². The van der Waals surface area contributed by atoms with Gasteiger partial charge in [0.25, 0.3) is 0 Å². The van der Waals surface area contributed by atoms with Crippen molar-refractivity contribution in [2.75, 3.05) is 7.05 Å². The van der Waals surface area contributed by atoms with Gasteiger partial charge < -0.3 is 15.3 Å². The first-order valence-corrected chi connectivity index (χ1v) is 7.23. The second-order valence-corrected chi connectivity index (χ2v) is 5.49. The molecule has 2 unspecified atom stereocenters. The molecule has 0 heterocycles. The summed E-state index contributed by atoms with van der Waals surface area (Å²) in [5.41, 5.74) is 0. The van der Waals surface area contributed by atoms with Crippen LogP contribution in [0.5, 0.6) is 0 Å². The van der Waals surface area contributed by atoms with E-state index in [0.29, 0.717) is 5.92 Å². The van der Waals surface area contributed by atoms with Crippen LogP contribution in [0.4, 0.5) is 4.79 Å². The summed E-state index contributed by atoms with van der Waals surface area (Å²) in [5.74, 6) is -0.445. The Morgan fingerprint density at radius 2 is 1.89 bits per heavy atom. The van der Waals surface area contributed by atoms with Crippen LogP contribution in [0.1, 0.15) is 52.4 Å². The number of carbonyl (C=O) groups excluding carboxylic acids is 1. The molecular weight excluding hydrogens is 244 g/mol. The maximum absolute atomic E-state index is 12.1. The molecule has 2 amide bonds. The molecule has 1 saturated carbocycles. The lowest BCUT2D eigenvalue weighted by molar-refractivity contribution is -0.141. The Kier molecular flexibility index (Phi) is 6.12. The SMILES string of the molecule is CCC(NC(=O)N(C)C(C)C(=O)O)C1CCCCC1. The van der Waals surface area contributed by atoms with Gasteiger partial charge in [-0.25, -0.2) is 9.59 Å². The number of carbonyl (C=O) groups is 2. The van der Waals surface area contributed by atoms with Crippen LogP contribution in [0.25, 0.3) is 0 Å². The van der Waals surface area contributed by atoms with Crippen molar-refractivity contribution >= 4 is 12.0 Å². The maximum Gasteiger partial charge on any atom is 0.326 e. The van der Waals surface area contributed by atoms with Crippen LogP contribution >= 0.6 is 0 Å². The van der Waals surface area contributed by atoms with Gasteiger partial charge in [-0.3, -0.25) is 0 Å². The van der Waals surface area contributed by atoms with Crippen molar-refractivity contribution in [1.82, 2.24) is 10.2 Å². The average Bonchev–Trinajstić information content (AvgIpc) is 2.43. The van der Waals surface area contributed by atoms with E-state index < -0.39 is 12.0 Å². The third kappa shape index (κ3) is 4.40. The molecule has 0 spiro atoms. The predicted octanol–water partition coefficient (Wildman–Crippen LogP) is 2.46. The highest BCUT2D eigenvalue weighted by Crippen LogP contribution is 2.27. The minimum absolute atomic E-state index is 0.163. The number of amides is 2. The second kappa shape index (κ2) is 7.36. The highest BCUT2D eigenvalue weighted by molar-refractivity contribution is 5.82. The van der Waals surface area contributed by atoms with Gasteiger partial charge in [-0.05, 0) is 32.1 Å². The van der Waals surface area contributed by atoms with Gasteiger partial charge in [0, 0.05) is 13.1 Å². The average molecular weight is 270 g/mol. The summed E-state index contributed by atoms with van der Waals surface area (Å²) < 4.78 is 0. The van der Waals surface area contributed by atoms with Crippen LogP contribution in [0.2, 0.25) is 0 Å². The molecule has 5 heteroatoms. The second-order valence-electron chi connectivity index (χ2n) is 5.49. The first-order chi connectivity index (χ1) is 8.97. The fourth-order valence-corrected chi connectivity index (χ4v) is 2.69. The molecule has 1 aliphatic rings. The first-order valence-electron chi connectivity index (χ1n) is 7.23. The molecule has 0 aliphatic heterocycles. The van der Waals surface area contributed by atoms with E-state index in [1.54, 1.807) is 0 Å². The Bertz CT molecular complexity index is 314. The zero-order valence-electron chi connectivity index (χ0n) is 12.2. The Morgan fingerprint density at radius 3 is 2.37 bits per heavy atom. The summed E-state index contributed by atoms with van der Waals surface area (Å²) in [6.45, 7) is 3.59. The van der Waals surface area contributed by atoms with Crippen molar-refractivity contribution in [2.45, 2.75) is 64.5 Å². The molecular formula is C14H26N2O3. The van der Waals surface area contributed by atoms with E-state index in [9.17, 15) is 9.59 Å². The molecule has 1 fully saturated rings. The van der Waals surface area contributed by atoms with E-state index in [1.807, 2.05) is 0 Å². The number of urea groups is 1. The topological polar surface area (TPSA) is 69.6 Å². The molecule has 5 nitrogen and oxygen atoms in total. The molecule has 0 radical (unpaired) electrons. The smallest absolute Gasteiger partial charge is 0.326 e. The quantitative estimate of drug-likeness (QED) is 0.806. The minimum Gasteiger partial charge on any atom is -0.480 e. The van der Waals surface area contributed by atoms with E-state index in [1.165, 1.54) is 38.1 Å². The van der Waals surface area contributed by atoms with Gasteiger partial charge in [0.2, 0.25) is 0 Å². The standard InChI is InChI=1S/C14H26N2O3/c1-4-12(11-8-6-5-7-9-11)15-14(19)16(3)10(2)13(17)18/h10-12H,4-9H2,1-3H3,(H,15,19)(H,17,18). The molecule has 19 heavy (non-hydrogen) atoms. The van der Waals surface area contributed by atoms with E-state index in [2.05, 4.69) is 12.2 Å². The highest BCUT2D eigenvalue weighted by atomic mass is 16.4. The molecule has 0 bridgehead atoms. The third-order valence-electron chi connectivity index (χ3n) is 4.23. The molecule has 2 N–H and O–H groups in total. The molecule has 0 saturated heterocycles. The van der Waals surface area contributed by atoms with E-state index >= 15 is 0 Å². The number of hydrogen-bond acceptors (Lipinski definition) is 2. The van der Waals surface area contributed by atoms with Crippen molar-refractivity contribution in [3.63, 3.8) is 0 Å². The Labute approximate surface area is 115 Å². The van der Waals surface area contributed by atoms with Gasteiger partial charge in [-0.2, -0.15) is 0 Å². The van der Waals surface area contributed by atoms with Gasteiger partial charge in [0.1, 0.15) is 6.04 Å². The number of hydrogen-bond donors (Lipinski definition) is 2. The molecule has 0 aromatic rings. The highest BCUT2D eigenvalue weighted by Gasteiger charge is 2.27. The zero-order chi connectivity index (χ0) is 14.4. The summed E-state index contributed by atoms with van der Waals surface area (Å²) in [5, 5.41) is 11.9. The van der Waals surface area contributed by atoms with Crippen molar-refractivity contribution in [3.8, 4) is 0 Å². The van der Waals surface area contributed by atoms with Gasteiger partial charge in [-0.15, -0.1) is 0 Å². The van der Waals surface area contributed by atoms with Gasteiger partial charge in [-0.1, -0.05) is 26.2 Å². The van der Waals surface area contributed by atoms with E-state index in [4.69, 9.17) is 5.11 Å². The number of rotatable bonds is 5. The Balaban J connectivity index is 2.54. The molecule has 1 rings (SSSR count). The monoisotopic (exact) mass is 270 g/mol. The summed E-state index contributed by atoms with van der Waals surface area (Å²) >= 11 is 0. The number of carboxylic acids is 1. The number of nitrogens with zero attached hydrogens (tertiary/aromatic N) is 1. The molecule has 2 atom stereocenters. The number of nitrogens with one attached hydrogen (secondary N) is 1. The lowest BCUT2D eigenvalue weighted by Crippen LogP contribution is -2.50. The fourth-order valence-electron chi connectivity index (χ4n) is 2.69. The summed E-state index contributed by atoms with van der Waals surface area (Å²) in [6, 6.07) is -0.924. The normalized spacial score (nSPS) is 19.5. The van der Waals surface area contributed by atoms with Crippen LogP contribution in [-0.4, -0.2) is 41.1 Å². The Hall–Kier alpha value is -1.26. The lowest BCUT2D eigenvalue weighted by Gasteiger charge is -2.32. The fraction of sp³-hybridized carbons (Fsp3) is 0.857. The molecule has 1 aliphatic carbocycles. The van der Waals surface area contributed by atoms with Crippen LogP contribution < -0.4 is 5.32 Å². The van der Waals surface area contributed by atoms with Crippen molar-refractivity contribution < 1.29 is 14.7 Å². The van der Waals surface area contributed by atoms with Crippen molar-refractivity contribution in [1.29, 1.82) is 0 Å². The number of likely N-dealkylation sites (N-methyl/N-ethyl adjacent to an activating group) is 1. The van der Waals surface area contributed by atoms with E-state index in [-0.39, 0.29) is 12.1 Å². The molecule has 0 aromatic heterocycles. The third-order valence-corrected chi connectivity index (χ3v) is 4.23. The lowest BCUT2D eigenvalue weighted by atomic mass is 9.83. The van der Waals surface area contributed by atoms with Gasteiger partial charge >= 0.3 is 12.0 Å². The van der Waals surface area contributed by atoms with Crippen LogP contribution in [0.15, 0.2) is 0 Å². The minimum atomic E-state index is -0.983. The van der Waals surface area contributed by atoms with Crippen molar-refractivity contribution in [3.05, 3.63) is 0 Å². The van der Waals surface area contributed by atoms with Gasteiger partial charge in [0.15, 0.2) is 0 Å². The maximum atomic E-state index is 12.1. The number of carboxylic acid groups (broad SMARTS) is 1. The van der Waals surface area contributed by atoms with Crippen LogP contribution in [0, 0.1) is 5.92 Å².